The first kappa shape index (κ1) is 35.9. The molecule has 1 aliphatic carbocycles. The number of carbonyl (C=O) groups excluding carboxylic acids is 2. The van der Waals surface area contributed by atoms with E-state index in [2.05, 4.69) is 15.4 Å². The Morgan fingerprint density at radius 2 is 1.47 bits per heavy atom. The smallest absolute Gasteiger partial charge is 0.370 e. The number of hydrogen-bond acceptors (Lipinski definition) is 6. The number of anilines is 2. The minimum absolute atomic E-state index is 0.00749. The SMILES string of the molecule is CC1CC(N(Cc2cc(C(F)(F)F)cc(C(F)(F)F)c2)c2nnn(C)n2)c2cc(C(F)(F)F)ccc2N1C(=O)C1CCC(CC(N)=O)CC1. The molecule has 1 fully saturated rings. The number of aromatic nitrogens is 4. The Balaban J connectivity index is 1.59. The number of tetrazole rings is 1. The molecule has 1 aliphatic heterocycles. The van der Waals surface area contributed by atoms with Crippen LogP contribution in [0.3, 0.4) is 0 Å². The molecule has 0 saturated heterocycles. The Hall–Kier alpha value is -4.38. The van der Waals surface area contributed by atoms with Gasteiger partial charge in [-0.25, -0.2) is 0 Å². The van der Waals surface area contributed by atoms with Gasteiger partial charge in [0.25, 0.3) is 5.95 Å². The first-order chi connectivity index (χ1) is 22.7. The van der Waals surface area contributed by atoms with Gasteiger partial charge in [-0.3, -0.25) is 9.59 Å². The fourth-order valence-electron chi connectivity index (χ4n) is 6.75. The fraction of sp³-hybridized carbons (Fsp3) is 0.516. The molecule has 2 unspecified atom stereocenters. The summed E-state index contributed by atoms with van der Waals surface area (Å²) in [5, 5.41) is 11.7. The minimum atomic E-state index is -5.14. The lowest BCUT2D eigenvalue weighted by atomic mass is 9.79. The second kappa shape index (κ2) is 13.2. The molecule has 9 nitrogen and oxygen atoms in total. The van der Waals surface area contributed by atoms with Crippen molar-refractivity contribution >= 4 is 23.5 Å². The second-order valence-electron chi connectivity index (χ2n) is 12.6. The number of alkyl halides is 9. The number of nitrogens with two attached hydrogens (primary N) is 1. The molecule has 2 atom stereocenters. The van der Waals surface area contributed by atoms with Crippen molar-refractivity contribution in [3.05, 3.63) is 64.2 Å². The summed E-state index contributed by atoms with van der Waals surface area (Å²) in [5.41, 5.74) is 0.720. The van der Waals surface area contributed by atoms with Crippen molar-refractivity contribution in [3.63, 3.8) is 0 Å². The summed E-state index contributed by atoms with van der Waals surface area (Å²) in [6.07, 6.45) is -13.1. The van der Waals surface area contributed by atoms with Crippen LogP contribution in [-0.4, -0.2) is 38.1 Å². The number of nitrogens with zero attached hydrogens (tertiary/aromatic N) is 6. The molecule has 0 spiro atoms. The highest BCUT2D eigenvalue weighted by Gasteiger charge is 2.43. The number of fused-ring (bicyclic) bond motifs is 1. The van der Waals surface area contributed by atoms with Crippen molar-refractivity contribution in [1.29, 1.82) is 0 Å². The van der Waals surface area contributed by atoms with Gasteiger partial charge in [-0.15, -0.1) is 5.10 Å². The zero-order valence-electron chi connectivity index (χ0n) is 26.2. The summed E-state index contributed by atoms with van der Waals surface area (Å²) < 4.78 is 124. The van der Waals surface area contributed by atoms with Crippen molar-refractivity contribution in [2.24, 2.45) is 24.6 Å². The van der Waals surface area contributed by atoms with Crippen LogP contribution in [0.5, 0.6) is 0 Å². The van der Waals surface area contributed by atoms with Gasteiger partial charge in [0.2, 0.25) is 11.8 Å². The van der Waals surface area contributed by atoms with E-state index >= 15 is 0 Å². The van der Waals surface area contributed by atoms with Gasteiger partial charge in [0.15, 0.2) is 0 Å². The zero-order chi connectivity index (χ0) is 36.1. The Bertz CT molecular complexity index is 1660. The number of rotatable bonds is 7. The van der Waals surface area contributed by atoms with Gasteiger partial charge in [0.05, 0.1) is 29.8 Å². The molecule has 18 heteroatoms. The molecule has 0 bridgehead atoms. The Kier molecular flexibility index (Phi) is 9.64. The molecule has 1 aromatic heterocycles. The second-order valence-corrected chi connectivity index (χ2v) is 12.6. The molecule has 2 heterocycles. The first-order valence-corrected chi connectivity index (χ1v) is 15.3. The Labute approximate surface area is 274 Å². The lowest BCUT2D eigenvalue weighted by molar-refractivity contribution is -0.143. The van der Waals surface area contributed by atoms with E-state index in [0.29, 0.717) is 37.8 Å². The average Bonchev–Trinajstić information content (AvgIpc) is 3.43. The molecular formula is C31H32F9N7O2. The number of primary amides is 1. The molecule has 3 aromatic rings. The number of aryl methyl sites for hydroxylation is 1. The fourth-order valence-corrected chi connectivity index (χ4v) is 6.75. The molecule has 1 saturated carbocycles. The summed E-state index contributed by atoms with van der Waals surface area (Å²) in [7, 11) is 1.36. The van der Waals surface area contributed by atoms with E-state index in [1.165, 1.54) is 16.8 Å². The van der Waals surface area contributed by atoms with Crippen LogP contribution in [0, 0.1) is 11.8 Å². The third-order valence-electron chi connectivity index (χ3n) is 9.03. The number of hydrogen-bond donors (Lipinski definition) is 1. The van der Waals surface area contributed by atoms with Crippen LogP contribution in [0.15, 0.2) is 36.4 Å². The predicted molar refractivity (Wildman–Crippen MR) is 156 cm³/mol. The van der Waals surface area contributed by atoms with Gasteiger partial charge in [-0.1, -0.05) is 5.10 Å². The zero-order valence-corrected chi connectivity index (χ0v) is 26.2. The molecule has 0 radical (unpaired) electrons. The van der Waals surface area contributed by atoms with Crippen LogP contribution >= 0.6 is 0 Å². The molecule has 5 rings (SSSR count). The van der Waals surface area contributed by atoms with Crippen molar-refractivity contribution in [2.75, 3.05) is 9.80 Å². The number of carbonyl (C=O) groups is 2. The number of amides is 2. The van der Waals surface area contributed by atoms with Gasteiger partial charge in [-0.05, 0) is 97.7 Å². The van der Waals surface area contributed by atoms with Gasteiger partial charge < -0.3 is 15.5 Å². The van der Waals surface area contributed by atoms with E-state index in [-0.39, 0.29) is 47.9 Å². The quantitative estimate of drug-likeness (QED) is 0.270. The van der Waals surface area contributed by atoms with Crippen LogP contribution in [0.1, 0.15) is 79.3 Å². The van der Waals surface area contributed by atoms with E-state index in [9.17, 15) is 49.1 Å². The third-order valence-corrected chi connectivity index (χ3v) is 9.03. The lowest BCUT2D eigenvalue weighted by Crippen LogP contribution is -2.49. The standard InChI is InChI=1S/C31H32F9N7O2/c1-16-9-25(46(28-42-44-45(2)43-28)15-18-10-21(30(35,36)37)13-22(11-18)31(38,39)40)23-14-20(29(32,33)34)7-8-24(23)47(16)27(49)19-5-3-17(4-6-19)12-26(41)48/h7-8,10-11,13-14,16-17,19,25H,3-6,9,12,15H2,1-2H3,(H2,41,48). The molecule has 2 N–H and O–H groups in total. The summed E-state index contributed by atoms with van der Waals surface area (Å²) in [4.78, 5) is 29.0. The van der Waals surface area contributed by atoms with E-state index < -0.39 is 71.2 Å². The topological polar surface area (TPSA) is 110 Å². The Morgan fingerprint density at radius 1 is 0.878 bits per heavy atom. The Morgan fingerprint density at radius 3 is 1.98 bits per heavy atom. The average molecular weight is 706 g/mol. The largest absolute Gasteiger partial charge is 0.416 e. The first-order valence-electron chi connectivity index (χ1n) is 15.3. The van der Waals surface area contributed by atoms with Crippen LogP contribution in [0.2, 0.25) is 0 Å². The molecule has 266 valence electrons. The third kappa shape index (κ3) is 7.93. The monoisotopic (exact) mass is 705 g/mol. The van der Waals surface area contributed by atoms with E-state index in [4.69, 9.17) is 5.73 Å². The molecular weight excluding hydrogens is 673 g/mol. The normalized spacial score (nSPS) is 21.7. The summed E-state index contributed by atoms with van der Waals surface area (Å²) >= 11 is 0. The highest BCUT2D eigenvalue weighted by Crippen LogP contribution is 2.46. The maximum absolute atomic E-state index is 14.0. The van der Waals surface area contributed by atoms with Gasteiger partial charge in [-0.2, -0.15) is 44.3 Å². The lowest BCUT2D eigenvalue weighted by Gasteiger charge is -2.45. The summed E-state index contributed by atoms with van der Waals surface area (Å²) in [5.74, 6) is -1.56. The van der Waals surface area contributed by atoms with E-state index in [0.717, 1.165) is 23.0 Å². The number of halogens is 9. The molecule has 49 heavy (non-hydrogen) atoms. The predicted octanol–water partition coefficient (Wildman–Crippen LogP) is 6.82. The minimum Gasteiger partial charge on any atom is -0.370 e. The van der Waals surface area contributed by atoms with Gasteiger partial charge in [0.1, 0.15) is 0 Å². The summed E-state index contributed by atoms with van der Waals surface area (Å²) in [6.45, 7) is 0.974. The van der Waals surface area contributed by atoms with Crippen LogP contribution < -0.4 is 15.5 Å². The van der Waals surface area contributed by atoms with Crippen molar-refractivity contribution < 1.29 is 49.1 Å². The van der Waals surface area contributed by atoms with E-state index in [1.54, 1.807) is 6.92 Å². The number of benzene rings is 2. The molecule has 2 amide bonds. The molecule has 2 aliphatic rings. The van der Waals surface area contributed by atoms with Crippen molar-refractivity contribution in [1.82, 2.24) is 20.2 Å². The maximum Gasteiger partial charge on any atom is 0.416 e. The van der Waals surface area contributed by atoms with Gasteiger partial charge >= 0.3 is 18.5 Å². The van der Waals surface area contributed by atoms with Gasteiger partial charge in [0, 0.05) is 30.6 Å². The van der Waals surface area contributed by atoms with Crippen LogP contribution in [0.25, 0.3) is 0 Å². The summed E-state index contributed by atoms with van der Waals surface area (Å²) in [6, 6.07) is 1.99. The van der Waals surface area contributed by atoms with E-state index in [1.807, 2.05) is 0 Å². The highest BCUT2D eigenvalue weighted by molar-refractivity contribution is 5.97. The van der Waals surface area contributed by atoms with Crippen molar-refractivity contribution in [2.45, 2.75) is 82.6 Å². The van der Waals surface area contributed by atoms with Crippen LogP contribution in [0.4, 0.5) is 51.1 Å². The van der Waals surface area contributed by atoms with Crippen LogP contribution in [-0.2, 0) is 41.7 Å². The van der Waals surface area contributed by atoms with Crippen molar-refractivity contribution in [3.8, 4) is 0 Å². The highest BCUT2D eigenvalue weighted by atomic mass is 19.4. The maximum atomic E-state index is 14.0. The molecule has 2 aromatic carbocycles.